The third-order valence-electron chi connectivity index (χ3n) is 4.35. The smallest absolute Gasteiger partial charge is 0.312 e. The molecule has 2 fully saturated rings. The molecule has 0 spiro atoms. The summed E-state index contributed by atoms with van der Waals surface area (Å²) in [6.07, 6.45) is 1.70. The van der Waals surface area contributed by atoms with Gasteiger partial charge in [0.05, 0.1) is 0 Å². The van der Waals surface area contributed by atoms with Gasteiger partial charge in [-0.15, -0.1) is 0 Å². The van der Waals surface area contributed by atoms with Crippen molar-refractivity contribution < 1.29 is 14.0 Å². The van der Waals surface area contributed by atoms with E-state index in [2.05, 4.69) is 0 Å². The molecule has 3 rings (SSSR count). The molecule has 2 aliphatic rings. The van der Waals surface area contributed by atoms with E-state index in [-0.39, 0.29) is 23.8 Å². The van der Waals surface area contributed by atoms with Gasteiger partial charge in [0.2, 0.25) is 0 Å². The number of carbonyl (C=O) groups excluding carboxylic acids is 2. The van der Waals surface area contributed by atoms with Crippen LogP contribution in [0.2, 0.25) is 0 Å². The topological polar surface area (TPSA) is 43.9 Å². The Balaban J connectivity index is 1.53. The molecular weight excluding hydrogens is 285 g/mol. The molecule has 1 aromatic rings. The minimum absolute atomic E-state index is 0.0577. The first-order chi connectivity index (χ1) is 10.6. The number of likely N-dealkylation sites (N-methyl/N-ethyl adjacent to an activating group) is 1. The number of rotatable bonds is 5. The first kappa shape index (κ1) is 15.0. The maximum absolute atomic E-state index is 12.9. The molecule has 3 amide bonds. The van der Waals surface area contributed by atoms with E-state index >= 15 is 0 Å². The molecule has 0 aromatic heterocycles. The van der Waals surface area contributed by atoms with Gasteiger partial charge in [-0.1, -0.05) is 12.1 Å². The van der Waals surface area contributed by atoms with Crippen LogP contribution in [0.4, 0.5) is 9.18 Å². The highest BCUT2D eigenvalue weighted by Gasteiger charge is 2.46. The summed E-state index contributed by atoms with van der Waals surface area (Å²) in [5.41, 5.74) is 1.00. The molecule has 0 unspecified atom stereocenters. The fraction of sp³-hybridized carbons (Fsp3) is 0.500. The molecule has 22 heavy (non-hydrogen) atoms. The Morgan fingerprint density at radius 2 is 2.00 bits per heavy atom. The quantitative estimate of drug-likeness (QED) is 0.778. The van der Waals surface area contributed by atoms with Crippen molar-refractivity contribution in [2.24, 2.45) is 0 Å². The second-order valence-corrected chi connectivity index (χ2v) is 5.99. The number of halogens is 1. The van der Waals surface area contributed by atoms with Crippen molar-refractivity contribution in [2.45, 2.75) is 25.4 Å². The zero-order valence-electron chi connectivity index (χ0n) is 12.7. The van der Waals surface area contributed by atoms with Crippen molar-refractivity contribution >= 4 is 11.9 Å². The number of imide groups is 1. The molecule has 6 heteroatoms. The normalized spacial score (nSPS) is 21.1. The lowest BCUT2D eigenvalue weighted by Crippen LogP contribution is -2.38. The van der Waals surface area contributed by atoms with Crippen LogP contribution in [0.15, 0.2) is 24.3 Å². The van der Waals surface area contributed by atoms with Gasteiger partial charge < -0.3 is 9.80 Å². The molecule has 0 bridgehead atoms. The summed E-state index contributed by atoms with van der Waals surface area (Å²) >= 11 is 0. The zero-order chi connectivity index (χ0) is 15.7. The number of urea groups is 1. The zero-order valence-corrected chi connectivity index (χ0v) is 12.7. The summed E-state index contributed by atoms with van der Waals surface area (Å²) in [4.78, 5) is 29.5. The molecular formula is C16H20FN3O2. The molecule has 2 heterocycles. The van der Waals surface area contributed by atoms with Crippen LogP contribution in [0.5, 0.6) is 0 Å². The van der Waals surface area contributed by atoms with Crippen LogP contribution in [-0.4, -0.2) is 59.4 Å². The van der Waals surface area contributed by atoms with E-state index < -0.39 is 0 Å². The third kappa shape index (κ3) is 2.83. The van der Waals surface area contributed by atoms with Gasteiger partial charge in [0.25, 0.3) is 5.91 Å². The Morgan fingerprint density at radius 1 is 1.27 bits per heavy atom. The molecule has 1 aromatic carbocycles. The van der Waals surface area contributed by atoms with Gasteiger partial charge in [-0.25, -0.2) is 9.18 Å². The van der Waals surface area contributed by atoms with Crippen LogP contribution in [0.1, 0.15) is 18.4 Å². The number of hydrogen-bond acceptors (Lipinski definition) is 3. The maximum atomic E-state index is 12.9. The molecule has 0 saturated carbocycles. The minimum Gasteiger partial charge on any atom is -0.312 e. The van der Waals surface area contributed by atoms with Crippen molar-refractivity contribution in [1.29, 1.82) is 0 Å². The van der Waals surface area contributed by atoms with E-state index in [1.54, 1.807) is 17.0 Å². The molecule has 1 atom stereocenters. The highest BCUT2D eigenvalue weighted by atomic mass is 19.1. The van der Waals surface area contributed by atoms with Crippen molar-refractivity contribution in [3.05, 3.63) is 35.6 Å². The Morgan fingerprint density at radius 3 is 2.68 bits per heavy atom. The standard InChI is InChI=1S/C16H20FN3O2/c1-18(11-12-4-6-13(17)7-5-12)9-10-20-15(21)14-3-2-8-19(14)16(20)22/h4-7,14H,2-3,8-11H2,1H3/t14-/m0/s1. The summed E-state index contributed by atoms with van der Waals surface area (Å²) in [6, 6.07) is 5.98. The van der Waals surface area contributed by atoms with Crippen molar-refractivity contribution in [3.8, 4) is 0 Å². The van der Waals surface area contributed by atoms with E-state index in [1.807, 2.05) is 11.9 Å². The number of carbonyl (C=O) groups is 2. The highest BCUT2D eigenvalue weighted by Crippen LogP contribution is 2.27. The van der Waals surface area contributed by atoms with Gasteiger partial charge >= 0.3 is 6.03 Å². The van der Waals surface area contributed by atoms with E-state index in [0.29, 0.717) is 26.2 Å². The number of fused-ring (bicyclic) bond motifs is 1. The highest BCUT2D eigenvalue weighted by molar-refractivity contribution is 6.04. The summed E-state index contributed by atoms with van der Waals surface area (Å²) < 4.78 is 12.9. The lowest BCUT2D eigenvalue weighted by atomic mass is 10.2. The van der Waals surface area contributed by atoms with Crippen LogP contribution in [-0.2, 0) is 11.3 Å². The van der Waals surface area contributed by atoms with Gasteiger partial charge in [0.15, 0.2) is 0 Å². The molecule has 5 nitrogen and oxygen atoms in total. The van der Waals surface area contributed by atoms with Crippen LogP contribution < -0.4 is 0 Å². The van der Waals surface area contributed by atoms with E-state index in [1.165, 1.54) is 17.0 Å². The number of hydrogen-bond donors (Lipinski definition) is 0. The van der Waals surface area contributed by atoms with Gasteiger partial charge in [-0.3, -0.25) is 9.69 Å². The lowest BCUT2D eigenvalue weighted by Gasteiger charge is -2.21. The number of amides is 3. The summed E-state index contributed by atoms with van der Waals surface area (Å²) in [7, 11) is 1.93. The van der Waals surface area contributed by atoms with Crippen LogP contribution in [0.25, 0.3) is 0 Å². The molecule has 2 aliphatic heterocycles. The average molecular weight is 305 g/mol. The molecule has 0 N–H and O–H groups in total. The predicted molar refractivity (Wildman–Crippen MR) is 79.6 cm³/mol. The number of nitrogens with zero attached hydrogens (tertiary/aromatic N) is 3. The van der Waals surface area contributed by atoms with Crippen LogP contribution in [0, 0.1) is 5.82 Å². The molecule has 0 aliphatic carbocycles. The fourth-order valence-corrected chi connectivity index (χ4v) is 3.14. The van der Waals surface area contributed by atoms with Crippen molar-refractivity contribution in [3.63, 3.8) is 0 Å². The van der Waals surface area contributed by atoms with Gasteiger partial charge in [0, 0.05) is 26.2 Å². The first-order valence-electron chi connectivity index (χ1n) is 7.61. The third-order valence-corrected chi connectivity index (χ3v) is 4.35. The van der Waals surface area contributed by atoms with Gasteiger partial charge in [-0.2, -0.15) is 0 Å². The van der Waals surface area contributed by atoms with E-state index in [0.717, 1.165) is 18.4 Å². The molecule has 2 saturated heterocycles. The SMILES string of the molecule is CN(CCN1C(=O)[C@@H]2CCCN2C1=O)Cc1ccc(F)cc1. The Hall–Kier alpha value is -1.95. The van der Waals surface area contributed by atoms with Gasteiger partial charge in [0.1, 0.15) is 11.9 Å². The van der Waals surface area contributed by atoms with E-state index in [9.17, 15) is 14.0 Å². The molecule has 0 radical (unpaired) electrons. The summed E-state index contributed by atoms with van der Waals surface area (Å²) in [5.74, 6) is -0.307. The average Bonchev–Trinajstić information content (AvgIpc) is 3.05. The Bertz CT molecular complexity index is 553. The molecule has 118 valence electrons. The van der Waals surface area contributed by atoms with E-state index in [4.69, 9.17) is 0 Å². The summed E-state index contributed by atoms with van der Waals surface area (Å²) in [5, 5.41) is 0. The number of benzene rings is 1. The monoisotopic (exact) mass is 305 g/mol. The van der Waals surface area contributed by atoms with Crippen molar-refractivity contribution in [2.75, 3.05) is 26.7 Å². The lowest BCUT2D eigenvalue weighted by molar-refractivity contribution is -0.128. The predicted octanol–water partition coefficient (Wildman–Crippen LogP) is 1.68. The Labute approximate surface area is 129 Å². The van der Waals surface area contributed by atoms with Crippen molar-refractivity contribution in [1.82, 2.24) is 14.7 Å². The largest absolute Gasteiger partial charge is 0.327 e. The minimum atomic E-state index is -0.250. The maximum Gasteiger partial charge on any atom is 0.327 e. The van der Waals surface area contributed by atoms with Crippen LogP contribution >= 0.6 is 0 Å². The second-order valence-electron chi connectivity index (χ2n) is 5.99. The fourth-order valence-electron chi connectivity index (χ4n) is 3.14. The van der Waals surface area contributed by atoms with Crippen LogP contribution in [0.3, 0.4) is 0 Å². The van der Waals surface area contributed by atoms with Gasteiger partial charge in [-0.05, 0) is 37.6 Å². The Kier molecular flexibility index (Phi) is 4.11. The second kappa shape index (κ2) is 6.04. The first-order valence-corrected chi connectivity index (χ1v) is 7.61. The summed E-state index contributed by atoms with van der Waals surface area (Å²) in [6.45, 7) is 2.36.